The number of aliphatic carboxylic acids is 1. The summed E-state index contributed by atoms with van der Waals surface area (Å²) in [5, 5.41) is 20.7. The maximum Gasteiger partial charge on any atom is 0.307 e. The predicted molar refractivity (Wildman–Crippen MR) is 66.1 cm³/mol. The highest BCUT2D eigenvalue weighted by Gasteiger charge is 2.08. The van der Waals surface area contributed by atoms with Gasteiger partial charge in [0.05, 0.1) is 6.42 Å². The second kappa shape index (κ2) is 5.63. The molecule has 7 heteroatoms. The Morgan fingerprint density at radius 1 is 1.39 bits per heavy atom. The number of carboxylic acid groups (broad SMARTS) is 1. The van der Waals surface area contributed by atoms with E-state index in [2.05, 4.69) is 15.5 Å². The number of benzene rings is 1. The van der Waals surface area contributed by atoms with Gasteiger partial charge in [-0.05, 0) is 21.6 Å². The maximum atomic E-state index is 10.8. The summed E-state index contributed by atoms with van der Waals surface area (Å²) in [6, 6.07) is 7.50. The smallest absolute Gasteiger partial charge is 0.307 e. The monoisotopic (exact) mass is 264 g/mol. The summed E-state index contributed by atoms with van der Waals surface area (Å²) in [4.78, 5) is 10.8. The number of hydrogen-bond acceptors (Lipinski definition) is 5. The van der Waals surface area contributed by atoms with Crippen molar-refractivity contribution in [3.8, 4) is 0 Å². The first-order valence-corrected chi connectivity index (χ1v) is 6.29. The molecule has 0 atom stereocenters. The lowest BCUT2D eigenvalue weighted by Crippen LogP contribution is -2.03. The van der Waals surface area contributed by atoms with Crippen molar-refractivity contribution in [1.29, 1.82) is 0 Å². The van der Waals surface area contributed by atoms with Crippen LogP contribution in [0.2, 0.25) is 0 Å². The number of carboxylic acids is 1. The van der Waals surface area contributed by atoms with Gasteiger partial charge in [-0.3, -0.25) is 4.79 Å². The fraction of sp³-hybridized carbons (Fsp3) is 0.273. The Morgan fingerprint density at radius 3 is 2.72 bits per heavy atom. The summed E-state index contributed by atoms with van der Waals surface area (Å²) in [6.45, 7) is 0. The van der Waals surface area contributed by atoms with Crippen LogP contribution in [0.5, 0.6) is 0 Å². The van der Waals surface area contributed by atoms with E-state index in [9.17, 15) is 4.79 Å². The van der Waals surface area contributed by atoms with Crippen molar-refractivity contribution in [2.45, 2.75) is 17.3 Å². The fourth-order valence-electron chi connectivity index (χ4n) is 1.52. The first kappa shape index (κ1) is 12.6. The first-order chi connectivity index (χ1) is 8.66. The molecule has 2 rings (SSSR count). The van der Waals surface area contributed by atoms with Gasteiger partial charge in [0.15, 0.2) is 0 Å². The van der Waals surface area contributed by atoms with Gasteiger partial charge in [-0.15, -0.1) is 5.10 Å². The molecular weight excluding hydrogens is 252 g/mol. The van der Waals surface area contributed by atoms with Gasteiger partial charge < -0.3 is 5.11 Å². The number of thioether (sulfide) groups is 1. The number of aryl methyl sites for hydroxylation is 1. The molecule has 0 bridgehead atoms. The van der Waals surface area contributed by atoms with Crippen molar-refractivity contribution in [3.63, 3.8) is 0 Å². The highest BCUT2D eigenvalue weighted by molar-refractivity contribution is 7.98. The molecule has 0 spiro atoms. The van der Waals surface area contributed by atoms with Crippen molar-refractivity contribution in [2.75, 3.05) is 0 Å². The summed E-state index contributed by atoms with van der Waals surface area (Å²) in [5.41, 5.74) is 1.82. The highest BCUT2D eigenvalue weighted by Crippen LogP contribution is 2.22. The zero-order chi connectivity index (χ0) is 13.0. The molecule has 0 aliphatic heterocycles. The molecule has 6 nitrogen and oxygen atoms in total. The molecule has 0 saturated carbocycles. The minimum absolute atomic E-state index is 0.0355. The van der Waals surface area contributed by atoms with Crippen LogP contribution in [0.1, 0.15) is 11.1 Å². The molecule has 0 unspecified atom stereocenters. The SMILES string of the molecule is Cn1nnnc1SCc1ccccc1CC(=O)O. The van der Waals surface area contributed by atoms with E-state index >= 15 is 0 Å². The zero-order valence-corrected chi connectivity index (χ0v) is 10.6. The molecule has 1 aromatic carbocycles. The van der Waals surface area contributed by atoms with E-state index in [-0.39, 0.29) is 6.42 Å². The Labute approximate surface area is 108 Å². The van der Waals surface area contributed by atoms with Gasteiger partial charge in [-0.2, -0.15) is 0 Å². The largest absolute Gasteiger partial charge is 0.481 e. The summed E-state index contributed by atoms with van der Waals surface area (Å²) in [6.07, 6.45) is 0.0355. The third kappa shape index (κ3) is 3.07. The lowest BCUT2D eigenvalue weighted by molar-refractivity contribution is -0.136. The minimum atomic E-state index is -0.826. The van der Waals surface area contributed by atoms with Gasteiger partial charge in [0.1, 0.15) is 0 Å². The van der Waals surface area contributed by atoms with E-state index in [1.807, 2.05) is 24.3 Å². The predicted octanol–water partition coefficient (Wildman–Crippen LogP) is 1.13. The van der Waals surface area contributed by atoms with Crippen molar-refractivity contribution >= 4 is 17.7 Å². The molecule has 0 aliphatic rings. The fourth-order valence-corrected chi connectivity index (χ4v) is 2.40. The number of hydrogen-bond donors (Lipinski definition) is 1. The zero-order valence-electron chi connectivity index (χ0n) is 9.78. The molecule has 0 aliphatic carbocycles. The van der Waals surface area contributed by atoms with Crippen LogP contribution in [-0.4, -0.2) is 31.3 Å². The van der Waals surface area contributed by atoms with Gasteiger partial charge in [0, 0.05) is 12.8 Å². The molecule has 94 valence electrons. The van der Waals surface area contributed by atoms with Gasteiger partial charge in [0.25, 0.3) is 0 Å². The lowest BCUT2D eigenvalue weighted by Gasteiger charge is -2.06. The van der Waals surface area contributed by atoms with Crippen LogP contribution >= 0.6 is 11.8 Å². The molecule has 1 heterocycles. The van der Waals surface area contributed by atoms with Gasteiger partial charge in [0.2, 0.25) is 5.16 Å². The number of tetrazole rings is 1. The third-order valence-corrected chi connectivity index (χ3v) is 3.46. The van der Waals surface area contributed by atoms with Crippen molar-refractivity contribution < 1.29 is 9.90 Å². The Hall–Kier alpha value is -1.89. The van der Waals surface area contributed by atoms with Crippen LogP contribution in [0.15, 0.2) is 29.4 Å². The average Bonchev–Trinajstić information content (AvgIpc) is 2.73. The first-order valence-electron chi connectivity index (χ1n) is 5.30. The number of nitrogens with zero attached hydrogens (tertiary/aromatic N) is 4. The van der Waals surface area contributed by atoms with Crippen LogP contribution in [0, 0.1) is 0 Å². The molecule has 0 amide bonds. The molecule has 1 aromatic heterocycles. The standard InChI is InChI=1S/C11H12N4O2S/c1-15-11(12-13-14-15)18-7-9-5-3-2-4-8(9)6-10(16)17/h2-5H,6-7H2,1H3,(H,16,17). The minimum Gasteiger partial charge on any atom is -0.481 e. The normalized spacial score (nSPS) is 10.5. The summed E-state index contributed by atoms with van der Waals surface area (Å²) in [5.74, 6) is -0.176. The van der Waals surface area contributed by atoms with Crippen LogP contribution < -0.4 is 0 Å². The molecule has 0 radical (unpaired) electrons. The summed E-state index contributed by atoms with van der Waals surface area (Å²) in [7, 11) is 1.77. The molecule has 18 heavy (non-hydrogen) atoms. The number of aromatic nitrogens is 4. The number of rotatable bonds is 5. The molecule has 2 aromatic rings. The quantitative estimate of drug-likeness (QED) is 0.815. The molecule has 0 fully saturated rings. The van der Waals surface area contributed by atoms with Crippen LogP contribution in [0.3, 0.4) is 0 Å². The van der Waals surface area contributed by atoms with E-state index in [1.54, 1.807) is 11.7 Å². The second-order valence-electron chi connectivity index (χ2n) is 3.71. The van der Waals surface area contributed by atoms with Crippen molar-refractivity contribution in [3.05, 3.63) is 35.4 Å². The van der Waals surface area contributed by atoms with E-state index in [1.165, 1.54) is 11.8 Å². The van der Waals surface area contributed by atoms with E-state index in [0.29, 0.717) is 10.9 Å². The Kier molecular flexibility index (Phi) is 3.93. The van der Waals surface area contributed by atoms with Crippen LogP contribution in [0.4, 0.5) is 0 Å². The van der Waals surface area contributed by atoms with Gasteiger partial charge >= 0.3 is 5.97 Å². The highest BCUT2D eigenvalue weighted by atomic mass is 32.2. The van der Waals surface area contributed by atoms with E-state index in [0.717, 1.165) is 11.1 Å². The Balaban J connectivity index is 2.09. The van der Waals surface area contributed by atoms with E-state index < -0.39 is 5.97 Å². The topological polar surface area (TPSA) is 80.9 Å². The summed E-state index contributed by atoms with van der Waals surface area (Å²) >= 11 is 1.48. The van der Waals surface area contributed by atoms with E-state index in [4.69, 9.17) is 5.11 Å². The Bertz CT molecular complexity index is 555. The molecular formula is C11H12N4O2S. The number of carbonyl (C=O) groups is 1. The van der Waals surface area contributed by atoms with Crippen LogP contribution in [0.25, 0.3) is 0 Å². The summed E-state index contributed by atoms with van der Waals surface area (Å²) < 4.78 is 1.59. The average molecular weight is 264 g/mol. The Morgan fingerprint density at radius 2 is 2.11 bits per heavy atom. The van der Waals surface area contributed by atoms with Crippen LogP contribution in [-0.2, 0) is 24.0 Å². The molecule has 0 saturated heterocycles. The van der Waals surface area contributed by atoms with Gasteiger partial charge in [-0.1, -0.05) is 36.0 Å². The second-order valence-corrected chi connectivity index (χ2v) is 4.66. The van der Waals surface area contributed by atoms with Crippen molar-refractivity contribution in [2.24, 2.45) is 7.05 Å². The third-order valence-electron chi connectivity index (χ3n) is 2.40. The maximum absolute atomic E-state index is 10.8. The van der Waals surface area contributed by atoms with Gasteiger partial charge in [-0.25, -0.2) is 4.68 Å². The lowest BCUT2D eigenvalue weighted by atomic mass is 10.1. The molecule has 1 N–H and O–H groups in total. The van der Waals surface area contributed by atoms with Crippen molar-refractivity contribution in [1.82, 2.24) is 20.2 Å².